The van der Waals surface area contributed by atoms with Gasteiger partial charge in [-0.1, -0.05) is 32.9 Å². The van der Waals surface area contributed by atoms with Crippen LogP contribution in [0.5, 0.6) is 0 Å². The third-order valence-electron chi connectivity index (χ3n) is 9.33. The van der Waals surface area contributed by atoms with Crippen LogP contribution in [-0.4, -0.2) is 49.6 Å². The number of aliphatic hydroxyl groups is 1. The summed E-state index contributed by atoms with van der Waals surface area (Å²) in [5.74, 6) is -0.0912. The molecule has 2 bridgehead atoms. The number of hydrogen-bond acceptors (Lipinski definition) is 8. The van der Waals surface area contributed by atoms with Gasteiger partial charge in [0.2, 0.25) is 0 Å². The number of pyridine rings is 2. The number of benzene rings is 2. The van der Waals surface area contributed by atoms with Crippen molar-refractivity contribution in [2.75, 3.05) is 23.3 Å². The third kappa shape index (κ3) is 5.70. The Kier molecular flexibility index (Phi) is 7.68. The minimum atomic E-state index is -0.627. The second kappa shape index (κ2) is 11.7. The van der Waals surface area contributed by atoms with Gasteiger partial charge in [0, 0.05) is 54.9 Å². The van der Waals surface area contributed by atoms with Crippen LogP contribution in [-0.2, 0) is 19.1 Å². The highest BCUT2D eigenvalue weighted by Crippen LogP contribution is 2.31. The first-order chi connectivity index (χ1) is 22.5. The molecule has 2 saturated heterocycles. The molecule has 2 aromatic carbocycles. The van der Waals surface area contributed by atoms with E-state index in [0.717, 1.165) is 29.0 Å². The summed E-state index contributed by atoms with van der Waals surface area (Å²) >= 11 is 0. The van der Waals surface area contributed by atoms with Crippen LogP contribution in [0, 0.1) is 5.82 Å². The Labute approximate surface area is 271 Å². The van der Waals surface area contributed by atoms with Gasteiger partial charge in [-0.2, -0.15) is 9.78 Å². The summed E-state index contributed by atoms with van der Waals surface area (Å²) in [5, 5.41) is 22.1. The second-order valence-electron chi connectivity index (χ2n) is 13.6. The molecular formula is C36H38FN7O3. The van der Waals surface area contributed by atoms with Gasteiger partial charge in [-0.3, -0.25) is 9.59 Å². The zero-order chi connectivity index (χ0) is 33.0. The lowest BCUT2D eigenvalue weighted by Crippen LogP contribution is -2.51. The molecule has 5 aromatic rings. The van der Waals surface area contributed by atoms with Gasteiger partial charge in [0.1, 0.15) is 17.3 Å². The molecular weight excluding hydrogens is 597 g/mol. The normalized spacial score (nSPS) is 17.8. The predicted molar refractivity (Wildman–Crippen MR) is 182 cm³/mol. The molecule has 11 heteroatoms. The first kappa shape index (κ1) is 30.8. The fourth-order valence-corrected chi connectivity index (χ4v) is 6.79. The van der Waals surface area contributed by atoms with E-state index in [1.165, 1.54) is 29.7 Å². The molecule has 47 heavy (non-hydrogen) atoms. The third-order valence-corrected chi connectivity index (χ3v) is 9.33. The molecule has 0 saturated carbocycles. The summed E-state index contributed by atoms with van der Waals surface area (Å²) in [6.45, 7) is 7.41. The Bertz CT molecular complexity index is 2110. The smallest absolute Gasteiger partial charge is 0.282 e. The van der Waals surface area contributed by atoms with Gasteiger partial charge < -0.3 is 25.2 Å². The SMILES string of the molecule is Cn1cc(-c2cccc(-n3ncc4cc(C(C)(C)C)cc(F)c4c3=O)c2CO)cc(Nc2ccc(N3C[C@H]4CC[C@@H](C3)N4)cn2)c1=O. The Morgan fingerprint density at radius 2 is 1.79 bits per heavy atom. The number of nitrogens with zero attached hydrogens (tertiary/aromatic N) is 5. The molecule has 2 aliphatic heterocycles. The summed E-state index contributed by atoms with van der Waals surface area (Å²) in [5.41, 5.74) is 2.87. The average molecular weight is 636 g/mol. The number of aromatic nitrogens is 4. The van der Waals surface area contributed by atoms with E-state index in [9.17, 15) is 14.7 Å². The topological polar surface area (TPSA) is 117 Å². The number of rotatable bonds is 6. The summed E-state index contributed by atoms with van der Waals surface area (Å²) in [6.07, 6.45) is 7.37. The molecule has 3 N–H and O–H groups in total. The highest BCUT2D eigenvalue weighted by Gasteiger charge is 2.32. The van der Waals surface area contributed by atoms with E-state index in [2.05, 4.69) is 25.6 Å². The molecule has 242 valence electrons. The molecule has 2 aliphatic rings. The number of aryl methyl sites for hydroxylation is 1. The van der Waals surface area contributed by atoms with E-state index in [1.807, 2.05) is 39.1 Å². The van der Waals surface area contributed by atoms with Crippen molar-refractivity contribution in [3.05, 3.63) is 105 Å². The molecule has 3 aromatic heterocycles. The number of halogens is 1. The molecule has 5 heterocycles. The summed E-state index contributed by atoms with van der Waals surface area (Å²) in [4.78, 5) is 33.8. The van der Waals surface area contributed by atoms with Crippen molar-refractivity contribution in [1.82, 2.24) is 24.6 Å². The minimum Gasteiger partial charge on any atom is -0.392 e. The molecule has 0 amide bonds. The molecule has 2 atom stereocenters. The minimum absolute atomic E-state index is 0.0706. The maximum atomic E-state index is 15.4. The van der Waals surface area contributed by atoms with Gasteiger partial charge >= 0.3 is 0 Å². The Hall–Kier alpha value is -4.87. The fourth-order valence-electron chi connectivity index (χ4n) is 6.79. The van der Waals surface area contributed by atoms with Crippen LogP contribution >= 0.6 is 0 Å². The van der Waals surface area contributed by atoms with Crippen molar-refractivity contribution in [2.45, 2.75) is 57.7 Å². The Morgan fingerprint density at radius 1 is 1.02 bits per heavy atom. The highest BCUT2D eigenvalue weighted by atomic mass is 19.1. The lowest BCUT2D eigenvalue weighted by molar-refractivity contribution is 0.282. The summed E-state index contributed by atoms with van der Waals surface area (Å²) in [6, 6.07) is 15.0. The lowest BCUT2D eigenvalue weighted by Gasteiger charge is -2.34. The van der Waals surface area contributed by atoms with Crippen LogP contribution < -0.4 is 26.7 Å². The number of aliphatic hydroxyl groups excluding tert-OH is 1. The number of nitrogens with one attached hydrogen (secondary N) is 2. The Morgan fingerprint density at radius 3 is 2.47 bits per heavy atom. The van der Waals surface area contributed by atoms with Crippen LogP contribution in [0.15, 0.2) is 76.7 Å². The van der Waals surface area contributed by atoms with Crippen LogP contribution in [0.2, 0.25) is 0 Å². The Balaban J connectivity index is 1.23. The maximum absolute atomic E-state index is 15.4. The summed E-state index contributed by atoms with van der Waals surface area (Å²) in [7, 11) is 1.65. The molecule has 0 spiro atoms. The largest absolute Gasteiger partial charge is 0.392 e. The van der Waals surface area contributed by atoms with Gasteiger partial charge in [0.05, 0.1) is 35.8 Å². The van der Waals surface area contributed by atoms with Crippen LogP contribution in [0.25, 0.3) is 27.6 Å². The van der Waals surface area contributed by atoms with Gasteiger partial charge in [0.15, 0.2) is 0 Å². The van der Waals surface area contributed by atoms with Crippen molar-refractivity contribution in [1.29, 1.82) is 0 Å². The van der Waals surface area contributed by atoms with Crippen LogP contribution in [0.3, 0.4) is 0 Å². The monoisotopic (exact) mass is 635 g/mol. The van der Waals surface area contributed by atoms with E-state index in [0.29, 0.717) is 51.4 Å². The van der Waals surface area contributed by atoms with Crippen molar-refractivity contribution < 1.29 is 9.50 Å². The van der Waals surface area contributed by atoms with E-state index >= 15 is 4.39 Å². The lowest BCUT2D eigenvalue weighted by atomic mass is 9.86. The van der Waals surface area contributed by atoms with E-state index in [-0.39, 0.29) is 16.4 Å². The molecule has 0 radical (unpaired) electrons. The zero-order valence-corrected chi connectivity index (χ0v) is 26.9. The van der Waals surface area contributed by atoms with Crippen LogP contribution in [0.4, 0.5) is 21.6 Å². The van der Waals surface area contributed by atoms with E-state index in [1.54, 1.807) is 43.6 Å². The average Bonchev–Trinajstić information content (AvgIpc) is 3.39. The standard InChI is InChI=1S/C36H38FN7O3/c1-36(2,3)23-12-21-15-39-44(35(47)33(21)29(37)14-23)31-7-5-6-27(28(31)20-45)22-13-30(34(46)42(4)17-22)41-32-11-10-26(16-38-32)43-18-24-8-9-25(19-43)40-24/h5-7,10-17,24-25,40,45H,8-9,18-20H2,1-4H3,(H,38,41)/t24-,25+. The first-order valence-electron chi connectivity index (χ1n) is 15.9. The van der Waals surface area contributed by atoms with Gasteiger partial charge in [-0.15, -0.1) is 0 Å². The first-order valence-corrected chi connectivity index (χ1v) is 15.9. The van der Waals surface area contributed by atoms with Crippen molar-refractivity contribution >= 4 is 28.0 Å². The van der Waals surface area contributed by atoms with E-state index in [4.69, 9.17) is 0 Å². The number of piperazine rings is 1. The van der Waals surface area contributed by atoms with Crippen molar-refractivity contribution in [3.63, 3.8) is 0 Å². The van der Waals surface area contributed by atoms with Crippen molar-refractivity contribution in [3.8, 4) is 16.8 Å². The zero-order valence-electron chi connectivity index (χ0n) is 26.9. The molecule has 10 nitrogen and oxygen atoms in total. The molecule has 2 fully saturated rings. The van der Waals surface area contributed by atoms with Gasteiger partial charge in [0.25, 0.3) is 11.1 Å². The molecule has 7 rings (SSSR count). The number of hydrogen-bond donors (Lipinski definition) is 3. The van der Waals surface area contributed by atoms with Crippen molar-refractivity contribution in [2.24, 2.45) is 7.05 Å². The van der Waals surface area contributed by atoms with Gasteiger partial charge in [-0.25, -0.2) is 9.37 Å². The second-order valence-corrected chi connectivity index (χ2v) is 13.6. The molecule has 0 aliphatic carbocycles. The number of fused-ring (bicyclic) bond motifs is 3. The fraction of sp³-hybridized carbons (Fsp3) is 0.333. The molecule has 0 unspecified atom stereocenters. The quantitative estimate of drug-likeness (QED) is 0.245. The van der Waals surface area contributed by atoms with Crippen LogP contribution in [0.1, 0.15) is 44.7 Å². The maximum Gasteiger partial charge on any atom is 0.282 e. The number of anilines is 3. The predicted octanol–water partition coefficient (Wildman–Crippen LogP) is 4.76. The van der Waals surface area contributed by atoms with E-state index < -0.39 is 18.0 Å². The summed E-state index contributed by atoms with van der Waals surface area (Å²) < 4.78 is 18.0. The van der Waals surface area contributed by atoms with Gasteiger partial charge in [-0.05, 0) is 65.8 Å². The highest BCUT2D eigenvalue weighted by molar-refractivity contribution is 5.83.